The minimum atomic E-state index is 0.349. The number of hydrogen-bond acceptors (Lipinski definition) is 6. The molecule has 6 heteroatoms. The summed E-state index contributed by atoms with van der Waals surface area (Å²) in [4.78, 5) is 15.2. The van der Waals surface area contributed by atoms with Crippen LogP contribution in [0.2, 0.25) is 0 Å². The molecule has 9 rings (SSSR count). The van der Waals surface area contributed by atoms with Crippen molar-refractivity contribution in [1.29, 1.82) is 5.41 Å². The molecule has 0 saturated carbocycles. The number of rotatable bonds is 7. The summed E-state index contributed by atoms with van der Waals surface area (Å²) in [6, 6.07) is 57.1. The summed E-state index contributed by atoms with van der Waals surface area (Å²) in [6.45, 7) is 0. The van der Waals surface area contributed by atoms with Gasteiger partial charge >= 0.3 is 0 Å². The standard InChI is InChI=1S/C47H32N6/c48-45-40(53-52-37-19-11-4-12-20-37)28-27-39-44(45)38-26-25-36(29-43(38)49-46(39)34-15-7-2-8-16-34)31-21-23-33(24-22-31)42-30-41(32-13-5-1-6-14-32)50-47(51-42)35-17-9-3-10-18-35/h1-30,48,52H/b48-45?,53-40-. The maximum absolute atomic E-state index is 9.34. The van der Waals surface area contributed by atoms with E-state index in [2.05, 4.69) is 83.3 Å². The number of nitrogens with one attached hydrogen (secondary N) is 2. The number of para-hydroxylation sites is 1. The Morgan fingerprint density at radius 3 is 1.68 bits per heavy atom. The Bertz CT molecular complexity index is 2610. The predicted octanol–water partition coefficient (Wildman–Crippen LogP) is 11.2. The molecule has 0 spiro atoms. The van der Waals surface area contributed by atoms with Crippen LogP contribution < -0.4 is 5.43 Å². The molecule has 2 aromatic heterocycles. The monoisotopic (exact) mass is 680 g/mol. The van der Waals surface area contributed by atoms with Gasteiger partial charge in [0.2, 0.25) is 0 Å². The van der Waals surface area contributed by atoms with Crippen molar-refractivity contribution in [3.05, 3.63) is 187 Å². The molecule has 6 nitrogen and oxygen atoms in total. The van der Waals surface area contributed by atoms with Gasteiger partial charge in [0.1, 0.15) is 5.71 Å². The second kappa shape index (κ2) is 13.8. The summed E-state index contributed by atoms with van der Waals surface area (Å²) in [7, 11) is 0. The van der Waals surface area contributed by atoms with E-state index in [-0.39, 0.29) is 0 Å². The van der Waals surface area contributed by atoms with E-state index in [0.717, 1.165) is 78.2 Å². The van der Waals surface area contributed by atoms with Gasteiger partial charge in [0.25, 0.3) is 0 Å². The first kappa shape index (κ1) is 31.7. The topological polar surface area (TPSA) is 86.9 Å². The van der Waals surface area contributed by atoms with Gasteiger partial charge in [-0.15, -0.1) is 0 Å². The molecule has 1 aliphatic rings. The minimum absolute atomic E-state index is 0.349. The van der Waals surface area contributed by atoms with Crippen LogP contribution in [0.5, 0.6) is 0 Å². The molecule has 250 valence electrons. The van der Waals surface area contributed by atoms with Crippen LogP contribution in [0.15, 0.2) is 181 Å². The van der Waals surface area contributed by atoms with Gasteiger partial charge in [-0.1, -0.05) is 146 Å². The fourth-order valence-corrected chi connectivity index (χ4v) is 6.71. The third-order valence-corrected chi connectivity index (χ3v) is 9.41. The number of fused-ring (bicyclic) bond motifs is 3. The van der Waals surface area contributed by atoms with E-state index in [1.807, 2.05) is 109 Å². The number of allylic oxidation sites excluding steroid dienone is 1. The molecule has 1 aliphatic carbocycles. The highest BCUT2D eigenvalue weighted by Gasteiger charge is 2.24. The van der Waals surface area contributed by atoms with Crippen LogP contribution in [0.4, 0.5) is 5.69 Å². The average Bonchev–Trinajstić information content (AvgIpc) is 3.24. The zero-order valence-electron chi connectivity index (χ0n) is 28.6. The van der Waals surface area contributed by atoms with E-state index < -0.39 is 0 Å². The number of aromatic nitrogens is 3. The Kier molecular flexibility index (Phi) is 8.23. The number of benzene rings is 6. The first-order valence-corrected chi connectivity index (χ1v) is 17.5. The molecule has 0 saturated heterocycles. The van der Waals surface area contributed by atoms with E-state index in [1.165, 1.54) is 0 Å². The highest BCUT2D eigenvalue weighted by Crippen LogP contribution is 2.36. The Morgan fingerprint density at radius 2 is 1.02 bits per heavy atom. The molecule has 2 heterocycles. The summed E-state index contributed by atoms with van der Waals surface area (Å²) in [5, 5.41) is 14.9. The zero-order valence-corrected chi connectivity index (χ0v) is 28.6. The van der Waals surface area contributed by atoms with Crippen LogP contribution >= 0.6 is 0 Å². The summed E-state index contributed by atoms with van der Waals surface area (Å²) in [5.41, 5.74) is 16.1. The predicted molar refractivity (Wildman–Crippen MR) is 218 cm³/mol. The Hall–Kier alpha value is -7.31. The van der Waals surface area contributed by atoms with E-state index in [4.69, 9.17) is 15.0 Å². The van der Waals surface area contributed by atoms with Crippen molar-refractivity contribution in [3.63, 3.8) is 0 Å². The van der Waals surface area contributed by atoms with E-state index in [0.29, 0.717) is 17.2 Å². The van der Waals surface area contributed by atoms with Crippen LogP contribution in [0.25, 0.3) is 73.3 Å². The fourth-order valence-electron chi connectivity index (χ4n) is 6.71. The summed E-state index contributed by atoms with van der Waals surface area (Å²) < 4.78 is 0. The lowest BCUT2D eigenvalue weighted by atomic mass is 9.87. The van der Waals surface area contributed by atoms with Gasteiger partial charge in [0.15, 0.2) is 5.82 Å². The van der Waals surface area contributed by atoms with Gasteiger partial charge in [-0.2, -0.15) is 5.10 Å². The van der Waals surface area contributed by atoms with Gasteiger partial charge in [-0.3, -0.25) is 10.8 Å². The van der Waals surface area contributed by atoms with Crippen molar-refractivity contribution in [2.75, 3.05) is 5.43 Å². The lowest BCUT2D eigenvalue weighted by Gasteiger charge is -2.20. The molecule has 0 radical (unpaired) electrons. The molecule has 0 unspecified atom stereocenters. The summed E-state index contributed by atoms with van der Waals surface area (Å²) in [5.74, 6) is 0.689. The average molecular weight is 681 g/mol. The van der Waals surface area contributed by atoms with Gasteiger partial charge in [0.05, 0.1) is 34.0 Å². The normalized spacial score (nSPS) is 12.9. The van der Waals surface area contributed by atoms with Crippen molar-refractivity contribution >= 4 is 34.1 Å². The molecule has 0 bridgehead atoms. The SMILES string of the molecule is N=C1/C(=N\Nc2ccccc2)C=Cc2c(-c3ccccc3)nc3cc(-c4ccc(-c5cc(-c6ccccc6)nc(-c6ccccc6)n5)cc4)ccc3c21. The summed E-state index contributed by atoms with van der Waals surface area (Å²) >= 11 is 0. The van der Waals surface area contributed by atoms with Crippen LogP contribution in [0.1, 0.15) is 11.1 Å². The minimum Gasteiger partial charge on any atom is -0.298 e. The van der Waals surface area contributed by atoms with Crippen molar-refractivity contribution < 1.29 is 0 Å². The second-order valence-corrected chi connectivity index (χ2v) is 12.8. The Labute approximate surface area is 307 Å². The van der Waals surface area contributed by atoms with Crippen molar-refractivity contribution in [2.45, 2.75) is 0 Å². The molecule has 0 atom stereocenters. The third kappa shape index (κ3) is 6.30. The number of hydrazone groups is 1. The van der Waals surface area contributed by atoms with Gasteiger partial charge < -0.3 is 0 Å². The first-order chi connectivity index (χ1) is 26.2. The van der Waals surface area contributed by atoms with E-state index in [1.54, 1.807) is 0 Å². The van der Waals surface area contributed by atoms with E-state index in [9.17, 15) is 5.41 Å². The molecule has 0 aliphatic heterocycles. The number of anilines is 1. The van der Waals surface area contributed by atoms with Gasteiger partial charge in [-0.25, -0.2) is 15.0 Å². The molecule has 8 aromatic rings. The lowest BCUT2D eigenvalue weighted by Crippen LogP contribution is -2.20. The maximum atomic E-state index is 9.34. The molecule has 0 amide bonds. The van der Waals surface area contributed by atoms with Crippen LogP contribution in [0, 0.1) is 5.41 Å². The molecule has 53 heavy (non-hydrogen) atoms. The highest BCUT2D eigenvalue weighted by atomic mass is 15.3. The molecular weight excluding hydrogens is 649 g/mol. The molecule has 0 fully saturated rings. The van der Waals surface area contributed by atoms with Crippen molar-refractivity contribution in [2.24, 2.45) is 5.10 Å². The van der Waals surface area contributed by atoms with Crippen LogP contribution in [-0.2, 0) is 0 Å². The third-order valence-electron chi connectivity index (χ3n) is 9.41. The van der Waals surface area contributed by atoms with Gasteiger partial charge in [0, 0.05) is 38.8 Å². The van der Waals surface area contributed by atoms with Gasteiger partial charge in [-0.05, 0) is 47.5 Å². The maximum Gasteiger partial charge on any atom is 0.160 e. The number of nitrogens with zero attached hydrogens (tertiary/aromatic N) is 4. The molecule has 2 N–H and O–H groups in total. The van der Waals surface area contributed by atoms with E-state index >= 15 is 0 Å². The zero-order chi connectivity index (χ0) is 35.6. The van der Waals surface area contributed by atoms with Crippen molar-refractivity contribution in [1.82, 2.24) is 15.0 Å². The lowest BCUT2D eigenvalue weighted by molar-refractivity contribution is 1.18. The Balaban J connectivity index is 1.10. The number of pyridine rings is 1. The molecular formula is C47H32N6. The van der Waals surface area contributed by atoms with Crippen molar-refractivity contribution in [3.8, 4) is 56.3 Å². The Morgan fingerprint density at radius 1 is 0.472 bits per heavy atom. The molecule has 6 aromatic carbocycles. The number of hydrogen-bond donors (Lipinski definition) is 2. The first-order valence-electron chi connectivity index (χ1n) is 17.5. The summed E-state index contributed by atoms with van der Waals surface area (Å²) in [6.07, 6.45) is 3.92. The smallest absolute Gasteiger partial charge is 0.160 e. The second-order valence-electron chi connectivity index (χ2n) is 12.8. The van der Waals surface area contributed by atoms with Crippen LogP contribution in [-0.4, -0.2) is 26.4 Å². The largest absolute Gasteiger partial charge is 0.298 e. The fraction of sp³-hybridized carbons (Fsp3) is 0. The van der Waals surface area contributed by atoms with Crippen LogP contribution in [0.3, 0.4) is 0 Å². The highest BCUT2D eigenvalue weighted by molar-refractivity contribution is 6.55. The quantitative estimate of drug-likeness (QED) is 0.164.